The molecular formula is C12H12F3NO3S. The molecule has 1 rings (SSSR count). The summed E-state index contributed by atoms with van der Waals surface area (Å²) in [4.78, 5) is 14.5. The van der Waals surface area contributed by atoms with Crippen LogP contribution in [0.4, 0.5) is 13.2 Å². The molecule has 8 heteroatoms. The fraction of sp³-hybridized carbons (Fsp3) is 0.333. The number of thioether (sulfide) groups is 1. The first kappa shape index (κ1) is 16.4. The molecule has 0 spiro atoms. The van der Waals surface area contributed by atoms with Crippen LogP contribution >= 0.6 is 11.8 Å². The molecule has 0 fully saturated rings. The number of hydrogen-bond acceptors (Lipinski definition) is 4. The third-order valence-electron chi connectivity index (χ3n) is 2.02. The van der Waals surface area contributed by atoms with Crippen LogP contribution in [0.15, 0.2) is 18.2 Å². The van der Waals surface area contributed by atoms with Gasteiger partial charge in [-0.05, 0) is 36.9 Å². The number of halogens is 3. The number of aromatic nitrogens is 1. The van der Waals surface area contributed by atoms with E-state index in [1.807, 2.05) is 0 Å². The summed E-state index contributed by atoms with van der Waals surface area (Å²) in [7, 11) is 0. The Hall–Kier alpha value is -1.70. The Morgan fingerprint density at radius 1 is 1.50 bits per heavy atom. The Kier molecular flexibility index (Phi) is 5.87. The molecule has 0 atom stereocenters. The predicted molar refractivity (Wildman–Crippen MR) is 69.7 cm³/mol. The van der Waals surface area contributed by atoms with Crippen molar-refractivity contribution in [2.24, 2.45) is 0 Å². The monoisotopic (exact) mass is 307 g/mol. The summed E-state index contributed by atoms with van der Waals surface area (Å²) in [5, 5.41) is 8.55. The number of alkyl halides is 3. The predicted octanol–water partition coefficient (Wildman–Crippen LogP) is 3.12. The van der Waals surface area contributed by atoms with E-state index < -0.39 is 11.5 Å². The van der Waals surface area contributed by atoms with Gasteiger partial charge in [0.15, 0.2) is 0 Å². The van der Waals surface area contributed by atoms with Crippen molar-refractivity contribution in [3.63, 3.8) is 0 Å². The third kappa shape index (κ3) is 6.46. The number of carbonyl (C=O) groups is 1. The zero-order valence-electron chi connectivity index (χ0n) is 10.5. The van der Waals surface area contributed by atoms with Crippen LogP contribution in [-0.4, -0.2) is 33.9 Å². The van der Waals surface area contributed by atoms with Gasteiger partial charge in [-0.3, -0.25) is 0 Å². The van der Waals surface area contributed by atoms with E-state index in [0.717, 1.165) is 6.08 Å². The minimum absolute atomic E-state index is 0.150. The Labute approximate surface area is 117 Å². The van der Waals surface area contributed by atoms with Crippen molar-refractivity contribution in [1.29, 1.82) is 0 Å². The lowest BCUT2D eigenvalue weighted by atomic mass is 10.2. The summed E-state index contributed by atoms with van der Waals surface area (Å²) in [5.74, 6) is -1.15. The van der Waals surface area contributed by atoms with E-state index in [-0.39, 0.29) is 35.6 Å². The summed E-state index contributed by atoms with van der Waals surface area (Å²) >= 11 is -0.177. The second-order valence-corrected chi connectivity index (χ2v) is 4.81. The molecule has 20 heavy (non-hydrogen) atoms. The minimum atomic E-state index is -4.29. The number of rotatable bonds is 6. The largest absolute Gasteiger partial charge is 0.490 e. The molecule has 0 radical (unpaired) electrons. The Balaban J connectivity index is 2.67. The van der Waals surface area contributed by atoms with Crippen LogP contribution < -0.4 is 4.74 Å². The molecule has 0 saturated heterocycles. The van der Waals surface area contributed by atoms with Gasteiger partial charge in [-0.1, -0.05) is 0 Å². The summed E-state index contributed by atoms with van der Waals surface area (Å²) in [5.41, 5.74) is -3.38. The summed E-state index contributed by atoms with van der Waals surface area (Å²) in [6, 6.07) is 3.17. The average molecular weight is 307 g/mol. The van der Waals surface area contributed by atoms with Gasteiger partial charge in [-0.25, -0.2) is 9.78 Å². The zero-order chi connectivity index (χ0) is 15.2. The van der Waals surface area contributed by atoms with Crippen LogP contribution in [0.25, 0.3) is 6.08 Å². The highest BCUT2D eigenvalue weighted by atomic mass is 32.2. The highest BCUT2D eigenvalue weighted by Crippen LogP contribution is 2.30. The Bertz CT molecular complexity index is 503. The van der Waals surface area contributed by atoms with Crippen LogP contribution in [-0.2, 0) is 4.79 Å². The van der Waals surface area contributed by atoms with E-state index in [1.165, 1.54) is 6.08 Å². The van der Waals surface area contributed by atoms with Gasteiger partial charge in [0.05, 0.1) is 6.61 Å². The van der Waals surface area contributed by atoms with Gasteiger partial charge >= 0.3 is 11.5 Å². The molecule has 0 aliphatic rings. The number of nitrogens with zero attached hydrogens (tertiary/aromatic N) is 1. The van der Waals surface area contributed by atoms with Crippen molar-refractivity contribution < 1.29 is 27.8 Å². The highest BCUT2D eigenvalue weighted by Gasteiger charge is 2.27. The first-order valence-electron chi connectivity index (χ1n) is 5.50. The van der Waals surface area contributed by atoms with Crippen LogP contribution in [0.3, 0.4) is 0 Å². The molecule has 0 saturated carbocycles. The van der Waals surface area contributed by atoms with Gasteiger partial charge in [0.1, 0.15) is 11.4 Å². The molecule has 4 nitrogen and oxygen atoms in total. The number of aliphatic carboxylic acids is 1. The molecule has 1 aromatic heterocycles. The van der Waals surface area contributed by atoms with Crippen LogP contribution in [0, 0.1) is 6.92 Å². The maximum Gasteiger partial charge on any atom is 0.441 e. The lowest BCUT2D eigenvalue weighted by Crippen LogP contribution is -2.08. The van der Waals surface area contributed by atoms with Crippen molar-refractivity contribution in [3.05, 3.63) is 29.6 Å². The zero-order valence-corrected chi connectivity index (χ0v) is 11.3. The molecular weight excluding hydrogens is 295 g/mol. The molecule has 110 valence electrons. The van der Waals surface area contributed by atoms with E-state index in [4.69, 9.17) is 9.84 Å². The van der Waals surface area contributed by atoms with Crippen molar-refractivity contribution in [1.82, 2.24) is 4.98 Å². The minimum Gasteiger partial charge on any atom is -0.490 e. The standard InChI is InChI=1S/C12H12F3NO3S/c1-8-2-4-10(9(16-8)3-5-11(17)18)19-6-7-20-12(13,14)15/h2-5H,6-7H2,1H3,(H,17,18)/b5-3+. The maximum absolute atomic E-state index is 11.9. The molecule has 1 heterocycles. The third-order valence-corrected chi connectivity index (χ3v) is 2.71. The molecule has 0 aliphatic heterocycles. The lowest BCUT2D eigenvalue weighted by molar-refractivity contribution is -0.131. The van der Waals surface area contributed by atoms with Crippen LogP contribution in [0.1, 0.15) is 11.4 Å². The van der Waals surface area contributed by atoms with Gasteiger partial charge in [-0.2, -0.15) is 13.2 Å². The van der Waals surface area contributed by atoms with E-state index in [1.54, 1.807) is 19.1 Å². The second kappa shape index (κ2) is 7.18. The number of carboxylic acids is 1. The molecule has 0 amide bonds. The normalized spacial score (nSPS) is 11.8. The highest BCUT2D eigenvalue weighted by molar-refractivity contribution is 8.00. The van der Waals surface area contributed by atoms with Gasteiger partial charge in [0, 0.05) is 17.5 Å². The number of carboxylic acid groups (broad SMARTS) is 1. The van der Waals surface area contributed by atoms with E-state index in [2.05, 4.69) is 4.98 Å². The molecule has 0 bridgehead atoms. The quantitative estimate of drug-likeness (QED) is 0.646. The lowest BCUT2D eigenvalue weighted by Gasteiger charge is -2.10. The molecule has 1 N–H and O–H groups in total. The molecule has 0 unspecified atom stereocenters. The fourth-order valence-electron chi connectivity index (χ4n) is 1.26. The first-order valence-corrected chi connectivity index (χ1v) is 6.48. The summed E-state index contributed by atoms with van der Waals surface area (Å²) < 4.78 is 41.0. The smallest absolute Gasteiger partial charge is 0.441 e. The number of aryl methyl sites for hydroxylation is 1. The average Bonchev–Trinajstić information content (AvgIpc) is 2.32. The summed E-state index contributed by atoms with van der Waals surface area (Å²) in [6.07, 6.45) is 2.13. The van der Waals surface area contributed by atoms with Gasteiger partial charge in [-0.15, -0.1) is 0 Å². The molecule has 1 aromatic rings. The maximum atomic E-state index is 11.9. The van der Waals surface area contributed by atoms with Crippen molar-refractivity contribution in [2.75, 3.05) is 12.4 Å². The van der Waals surface area contributed by atoms with E-state index in [9.17, 15) is 18.0 Å². The van der Waals surface area contributed by atoms with Crippen molar-refractivity contribution >= 4 is 23.8 Å². The van der Waals surface area contributed by atoms with Gasteiger partial charge < -0.3 is 9.84 Å². The SMILES string of the molecule is Cc1ccc(OCCSC(F)(F)F)c(/C=C/C(=O)O)n1. The number of pyridine rings is 1. The van der Waals surface area contributed by atoms with Gasteiger partial charge in [0.25, 0.3) is 0 Å². The van der Waals surface area contributed by atoms with E-state index in [0.29, 0.717) is 5.69 Å². The molecule has 0 aromatic carbocycles. The van der Waals surface area contributed by atoms with Crippen molar-refractivity contribution in [3.8, 4) is 5.75 Å². The van der Waals surface area contributed by atoms with Crippen molar-refractivity contribution in [2.45, 2.75) is 12.4 Å². The topological polar surface area (TPSA) is 59.4 Å². The molecule has 0 aliphatic carbocycles. The number of ether oxygens (including phenoxy) is 1. The first-order chi connectivity index (χ1) is 9.28. The van der Waals surface area contributed by atoms with Crippen LogP contribution in [0.2, 0.25) is 0 Å². The van der Waals surface area contributed by atoms with E-state index >= 15 is 0 Å². The Morgan fingerprint density at radius 3 is 2.80 bits per heavy atom. The Morgan fingerprint density at radius 2 is 2.20 bits per heavy atom. The fourth-order valence-corrected chi connectivity index (χ4v) is 1.66. The number of hydrogen-bond donors (Lipinski definition) is 1. The summed E-state index contributed by atoms with van der Waals surface area (Å²) in [6.45, 7) is 1.56. The van der Waals surface area contributed by atoms with Crippen LogP contribution in [0.5, 0.6) is 5.75 Å². The second-order valence-electron chi connectivity index (χ2n) is 3.65. The van der Waals surface area contributed by atoms with Gasteiger partial charge in [0.2, 0.25) is 0 Å².